The van der Waals surface area contributed by atoms with Gasteiger partial charge < -0.3 is 4.74 Å². The summed E-state index contributed by atoms with van der Waals surface area (Å²) in [6.45, 7) is 6.45. The molecule has 0 aliphatic carbocycles. The lowest BCUT2D eigenvalue weighted by Crippen LogP contribution is -2.03. The van der Waals surface area contributed by atoms with Crippen molar-refractivity contribution in [2.75, 3.05) is 0 Å². The number of carbonyl (C=O) groups excluding carboxylic acids is 2. The zero-order valence-electron chi connectivity index (χ0n) is 6.96. The number of hydrogen-bond acceptors (Lipinski definition) is 4. The summed E-state index contributed by atoms with van der Waals surface area (Å²) < 4.78 is 4.59. The second-order valence-electron chi connectivity index (χ2n) is 2.00. The smallest absolute Gasteiger partial charge is 0.339 e. The van der Waals surface area contributed by atoms with Crippen LogP contribution in [0.2, 0.25) is 0 Å². The fourth-order valence-electron chi connectivity index (χ4n) is 0.373. The fraction of sp³-hybridized carbons (Fsp3) is 0.250. The Morgan fingerprint density at radius 2 is 2.25 bits per heavy atom. The second kappa shape index (κ2) is 5.04. The van der Waals surface area contributed by atoms with Crippen molar-refractivity contribution in [3.05, 3.63) is 24.1 Å². The Morgan fingerprint density at radius 3 is 2.58 bits per heavy atom. The van der Waals surface area contributed by atoms with E-state index in [1.165, 1.54) is 19.1 Å². The number of rotatable bonds is 3. The summed E-state index contributed by atoms with van der Waals surface area (Å²) in [5.74, 6) is -0.680. The average molecular weight is 167 g/mol. The second-order valence-corrected chi connectivity index (χ2v) is 2.00. The molecule has 0 N–H and O–H groups in total. The third-order valence-corrected chi connectivity index (χ3v) is 0.949. The lowest BCUT2D eigenvalue weighted by Gasteiger charge is -1.99. The average Bonchev–Trinajstić information content (AvgIpc) is 2.03. The number of aliphatic imine (C=N–C) groups is 1. The Bertz CT molecular complexity index is 272. The highest BCUT2D eigenvalue weighted by Crippen LogP contribution is 2.02. The highest BCUT2D eigenvalue weighted by atomic mass is 16.5. The number of carbonyl (C=O) groups is 1. The van der Waals surface area contributed by atoms with Crippen molar-refractivity contribution in [2.24, 2.45) is 4.99 Å². The van der Waals surface area contributed by atoms with Crippen LogP contribution < -0.4 is 0 Å². The number of esters is 1. The van der Waals surface area contributed by atoms with E-state index in [-0.39, 0.29) is 11.5 Å². The molecule has 0 aliphatic heterocycles. The van der Waals surface area contributed by atoms with E-state index in [0.717, 1.165) is 0 Å². The minimum atomic E-state index is -0.609. The van der Waals surface area contributed by atoms with E-state index in [1.807, 2.05) is 0 Å². The van der Waals surface area contributed by atoms with Crippen molar-refractivity contribution < 1.29 is 14.3 Å². The zero-order valence-corrected chi connectivity index (χ0v) is 6.96. The van der Waals surface area contributed by atoms with Crippen molar-refractivity contribution in [1.29, 1.82) is 0 Å². The molecule has 0 fully saturated rings. The van der Waals surface area contributed by atoms with E-state index in [0.29, 0.717) is 0 Å². The monoisotopic (exact) mass is 167 g/mol. The molecule has 0 spiro atoms. The van der Waals surface area contributed by atoms with Gasteiger partial charge in [-0.25, -0.2) is 9.59 Å². The predicted octanol–water partition coefficient (Wildman–Crippen LogP) is 1.30. The molecule has 0 aromatic rings. The minimum absolute atomic E-state index is 0.0713. The summed E-state index contributed by atoms with van der Waals surface area (Å²) in [4.78, 5) is 23.8. The van der Waals surface area contributed by atoms with Gasteiger partial charge in [-0.2, -0.15) is 0 Å². The summed E-state index contributed by atoms with van der Waals surface area (Å²) in [6.07, 6.45) is 2.64. The molecule has 0 rings (SSSR count). The standard InChI is InChI=1S/C8H9NO3/c1-4-7(9-5-10)12-8(11)6(2)3/h4H,2H2,1,3H3/b7-4-. The van der Waals surface area contributed by atoms with Crippen LogP contribution in [-0.4, -0.2) is 12.0 Å². The lowest BCUT2D eigenvalue weighted by molar-refractivity contribution is -0.134. The van der Waals surface area contributed by atoms with Crippen LogP contribution in [0.5, 0.6) is 0 Å². The van der Waals surface area contributed by atoms with Crippen molar-refractivity contribution >= 4 is 12.0 Å². The first-order chi connectivity index (χ1) is 5.61. The third kappa shape index (κ3) is 3.49. The predicted molar refractivity (Wildman–Crippen MR) is 42.8 cm³/mol. The normalized spacial score (nSPS) is 10.0. The number of ether oxygens (including phenoxy) is 1. The molecule has 0 heterocycles. The first-order valence-corrected chi connectivity index (χ1v) is 3.23. The molecule has 64 valence electrons. The van der Waals surface area contributed by atoms with Gasteiger partial charge in [-0.1, -0.05) is 6.58 Å². The van der Waals surface area contributed by atoms with Crippen LogP contribution in [0, 0.1) is 0 Å². The van der Waals surface area contributed by atoms with Gasteiger partial charge >= 0.3 is 5.97 Å². The molecule has 0 bridgehead atoms. The molecule has 0 atom stereocenters. The van der Waals surface area contributed by atoms with E-state index < -0.39 is 5.97 Å². The highest BCUT2D eigenvalue weighted by molar-refractivity contribution is 5.87. The van der Waals surface area contributed by atoms with Gasteiger partial charge in [0.1, 0.15) is 0 Å². The minimum Gasteiger partial charge on any atom is -0.404 e. The molecule has 0 saturated heterocycles. The number of allylic oxidation sites excluding steroid dienone is 1. The molecule has 0 aliphatic rings. The van der Waals surface area contributed by atoms with Crippen molar-refractivity contribution in [2.45, 2.75) is 13.8 Å². The van der Waals surface area contributed by atoms with Gasteiger partial charge in [-0.3, -0.25) is 0 Å². The molecular weight excluding hydrogens is 158 g/mol. The Hall–Kier alpha value is -1.67. The maximum Gasteiger partial charge on any atom is 0.339 e. The van der Waals surface area contributed by atoms with Gasteiger partial charge in [0, 0.05) is 5.57 Å². The van der Waals surface area contributed by atoms with E-state index >= 15 is 0 Å². The highest BCUT2D eigenvalue weighted by Gasteiger charge is 2.05. The largest absolute Gasteiger partial charge is 0.404 e. The molecule has 0 amide bonds. The summed E-state index contributed by atoms with van der Waals surface area (Å²) in [5.41, 5.74) is 0.246. The Kier molecular flexibility index (Phi) is 4.34. The fourth-order valence-corrected chi connectivity index (χ4v) is 0.373. The van der Waals surface area contributed by atoms with Crippen LogP contribution in [0.4, 0.5) is 0 Å². The van der Waals surface area contributed by atoms with E-state index in [2.05, 4.69) is 16.3 Å². The SMILES string of the molecule is C=C(C)C(=O)O/C(=C\C)N=C=O. The van der Waals surface area contributed by atoms with Crippen LogP contribution in [0.3, 0.4) is 0 Å². The van der Waals surface area contributed by atoms with E-state index in [1.54, 1.807) is 6.92 Å². The Morgan fingerprint density at radius 1 is 1.67 bits per heavy atom. The Labute approximate surface area is 70.2 Å². The van der Waals surface area contributed by atoms with Crippen LogP contribution in [-0.2, 0) is 14.3 Å². The van der Waals surface area contributed by atoms with Gasteiger partial charge in [0.05, 0.1) is 0 Å². The quantitative estimate of drug-likeness (QED) is 0.209. The lowest BCUT2D eigenvalue weighted by atomic mass is 10.4. The maximum atomic E-state index is 10.8. The first kappa shape index (κ1) is 10.3. The van der Waals surface area contributed by atoms with Crippen molar-refractivity contribution in [1.82, 2.24) is 0 Å². The topological polar surface area (TPSA) is 55.7 Å². The molecule has 12 heavy (non-hydrogen) atoms. The van der Waals surface area contributed by atoms with Gasteiger partial charge in [-0.05, 0) is 19.9 Å². The summed E-state index contributed by atoms with van der Waals surface area (Å²) in [7, 11) is 0. The molecule has 4 nitrogen and oxygen atoms in total. The molecule has 0 radical (unpaired) electrons. The van der Waals surface area contributed by atoms with Crippen LogP contribution in [0.15, 0.2) is 29.1 Å². The van der Waals surface area contributed by atoms with Crippen LogP contribution in [0.25, 0.3) is 0 Å². The van der Waals surface area contributed by atoms with Gasteiger partial charge in [0.15, 0.2) is 0 Å². The van der Waals surface area contributed by atoms with Gasteiger partial charge in [-0.15, -0.1) is 4.99 Å². The van der Waals surface area contributed by atoms with E-state index in [9.17, 15) is 9.59 Å². The summed E-state index contributed by atoms with van der Waals surface area (Å²) >= 11 is 0. The van der Waals surface area contributed by atoms with Crippen LogP contribution in [0.1, 0.15) is 13.8 Å². The molecule has 0 unspecified atom stereocenters. The maximum absolute atomic E-state index is 10.8. The van der Waals surface area contributed by atoms with Crippen molar-refractivity contribution in [3.63, 3.8) is 0 Å². The van der Waals surface area contributed by atoms with E-state index in [4.69, 9.17) is 0 Å². The summed E-state index contributed by atoms with van der Waals surface area (Å²) in [6, 6.07) is 0. The first-order valence-electron chi connectivity index (χ1n) is 3.23. The van der Waals surface area contributed by atoms with Crippen LogP contribution >= 0.6 is 0 Å². The summed E-state index contributed by atoms with van der Waals surface area (Å²) in [5, 5.41) is 0. The number of hydrogen-bond donors (Lipinski definition) is 0. The zero-order chi connectivity index (χ0) is 9.56. The van der Waals surface area contributed by atoms with Gasteiger partial charge in [0.25, 0.3) is 0 Å². The third-order valence-electron chi connectivity index (χ3n) is 0.949. The molecular formula is C8H9NO3. The van der Waals surface area contributed by atoms with Gasteiger partial charge in [0.2, 0.25) is 12.0 Å². The molecule has 0 aromatic heterocycles. The Balaban J connectivity index is 4.33. The molecule has 0 saturated carbocycles. The molecule has 0 aromatic carbocycles. The van der Waals surface area contributed by atoms with Crippen molar-refractivity contribution in [3.8, 4) is 0 Å². The number of nitrogens with zero attached hydrogens (tertiary/aromatic N) is 1. The number of isocyanates is 1. The molecule has 4 heteroatoms.